The Bertz CT molecular complexity index is 582. The first kappa shape index (κ1) is 13.4. The molecule has 1 aromatic carbocycles. The van der Waals surface area contributed by atoms with Gasteiger partial charge in [0.15, 0.2) is 11.5 Å². The first-order chi connectivity index (χ1) is 9.12. The summed E-state index contributed by atoms with van der Waals surface area (Å²) in [6, 6.07) is 9.55. The molecule has 2 rings (SSSR count). The van der Waals surface area contributed by atoms with Crippen molar-refractivity contribution < 1.29 is 9.47 Å². The fraction of sp³-hybridized carbons (Fsp3) is 0.267. The molecule has 1 heterocycles. The number of methoxy groups -OCH3 is 1. The average Bonchev–Trinajstić information content (AvgIpc) is 2.40. The molecule has 0 atom stereocenters. The molecular weight excluding hydrogens is 240 g/mol. The number of ether oxygens (including phenoxy) is 2. The molecule has 2 aromatic rings. The van der Waals surface area contributed by atoms with Crippen molar-refractivity contribution in [1.82, 2.24) is 4.98 Å². The van der Waals surface area contributed by atoms with E-state index in [0.29, 0.717) is 23.9 Å². The fourth-order valence-corrected chi connectivity index (χ4v) is 1.85. The molecular formula is C15H18N2O2. The molecule has 0 saturated heterocycles. The van der Waals surface area contributed by atoms with Gasteiger partial charge in [-0.1, -0.05) is 6.07 Å². The van der Waals surface area contributed by atoms with E-state index in [1.54, 1.807) is 7.11 Å². The monoisotopic (exact) mass is 258 g/mol. The standard InChI is InChI=1S/C15H18N2O2/c1-10-4-5-13(14(6-10)18-3)19-15-8-12(9-16)7-11(2)17-15/h4-8H,9,16H2,1-3H3. The number of hydrogen-bond donors (Lipinski definition) is 1. The molecule has 19 heavy (non-hydrogen) atoms. The molecule has 0 amide bonds. The zero-order valence-corrected chi connectivity index (χ0v) is 11.4. The molecule has 4 heteroatoms. The van der Waals surface area contributed by atoms with Crippen LogP contribution >= 0.6 is 0 Å². The number of nitrogens with two attached hydrogens (primary N) is 1. The van der Waals surface area contributed by atoms with Crippen LogP contribution in [0.2, 0.25) is 0 Å². The Morgan fingerprint density at radius 2 is 1.89 bits per heavy atom. The van der Waals surface area contributed by atoms with Gasteiger partial charge in [-0.15, -0.1) is 0 Å². The first-order valence-corrected chi connectivity index (χ1v) is 6.12. The second-order valence-electron chi connectivity index (χ2n) is 4.42. The minimum Gasteiger partial charge on any atom is -0.493 e. The van der Waals surface area contributed by atoms with Gasteiger partial charge in [0.2, 0.25) is 5.88 Å². The Kier molecular flexibility index (Phi) is 4.02. The second kappa shape index (κ2) is 5.71. The van der Waals surface area contributed by atoms with Crippen LogP contribution in [0.25, 0.3) is 0 Å². The van der Waals surface area contributed by atoms with Crippen LogP contribution in [0.15, 0.2) is 30.3 Å². The van der Waals surface area contributed by atoms with Crippen LogP contribution in [0.3, 0.4) is 0 Å². The largest absolute Gasteiger partial charge is 0.493 e. The minimum atomic E-state index is 0.463. The Hall–Kier alpha value is -2.07. The van der Waals surface area contributed by atoms with Crippen LogP contribution in [-0.4, -0.2) is 12.1 Å². The predicted octanol–water partition coefficient (Wildman–Crippen LogP) is 2.96. The zero-order chi connectivity index (χ0) is 13.8. The van der Waals surface area contributed by atoms with Gasteiger partial charge in [0.05, 0.1) is 7.11 Å². The smallest absolute Gasteiger partial charge is 0.219 e. The summed E-state index contributed by atoms with van der Waals surface area (Å²) < 4.78 is 11.1. The molecule has 4 nitrogen and oxygen atoms in total. The van der Waals surface area contributed by atoms with E-state index in [4.69, 9.17) is 15.2 Å². The van der Waals surface area contributed by atoms with Crippen LogP contribution in [0.5, 0.6) is 17.4 Å². The highest BCUT2D eigenvalue weighted by Crippen LogP contribution is 2.31. The van der Waals surface area contributed by atoms with E-state index in [0.717, 1.165) is 16.8 Å². The van der Waals surface area contributed by atoms with Crippen LogP contribution in [0, 0.1) is 13.8 Å². The number of pyridine rings is 1. The molecule has 1 aromatic heterocycles. The molecule has 0 unspecified atom stereocenters. The zero-order valence-electron chi connectivity index (χ0n) is 11.4. The Morgan fingerprint density at radius 3 is 2.58 bits per heavy atom. The lowest BCUT2D eigenvalue weighted by atomic mass is 10.2. The van der Waals surface area contributed by atoms with Gasteiger partial charge in [-0.25, -0.2) is 4.98 Å². The maximum absolute atomic E-state index is 5.79. The summed E-state index contributed by atoms with van der Waals surface area (Å²) >= 11 is 0. The van der Waals surface area contributed by atoms with Crippen molar-refractivity contribution in [1.29, 1.82) is 0 Å². The predicted molar refractivity (Wildman–Crippen MR) is 74.7 cm³/mol. The molecule has 0 aliphatic carbocycles. The number of aromatic nitrogens is 1. The van der Waals surface area contributed by atoms with Gasteiger partial charge in [0.25, 0.3) is 0 Å². The maximum atomic E-state index is 5.79. The van der Waals surface area contributed by atoms with Gasteiger partial charge in [-0.05, 0) is 43.2 Å². The highest BCUT2D eigenvalue weighted by molar-refractivity contribution is 5.44. The molecule has 0 radical (unpaired) electrons. The molecule has 0 saturated carbocycles. The lowest BCUT2D eigenvalue weighted by molar-refractivity contribution is 0.373. The van der Waals surface area contributed by atoms with Crippen LogP contribution < -0.4 is 15.2 Å². The lowest BCUT2D eigenvalue weighted by Gasteiger charge is -2.11. The molecule has 2 N–H and O–H groups in total. The summed E-state index contributed by atoms with van der Waals surface area (Å²) in [6.45, 7) is 4.38. The number of aryl methyl sites for hydroxylation is 2. The third kappa shape index (κ3) is 3.23. The summed E-state index contributed by atoms with van der Waals surface area (Å²) in [5, 5.41) is 0. The second-order valence-corrected chi connectivity index (χ2v) is 4.42. The van der Waals surface area contributed by atoms with Crippen LogP contribution in [0.4, 0.5) is 0 Å². The van der Waals surface area contributed by atoms with Gasteiger partial charge in [0.1, 0.15) is 0 Å². The number of hydrogen-bond acceptors (Lipinski definition) is 4. The summed E-state index contributed by atoms with van der Waals surface area (Å²) in [6.07, 6.45) is 0. The van der Waals surface area contributed by atoms with Gasteiger partial charge >= 0.3 is 0 Å². The summed E-state index contributed by atoms with van der Waals surface area (Å²) in [7, 11) is 1.62. The van der Waals surface area contributed by atoms with E-state index in [1.165, 1.54) is 0 Å². The van der Waals surface area contributed by atoms with Crippen molar-refractivity contribution in [2.45, 2.75) is 20.4 Å². The molecule has 0 aliphatic rings. The molecule has 0 spiro atoms. The van der Waals surface area contributed by atoms with E-state index >= 15 is 0 Å². The molecule has 0 bridgehead atoms. The van der Waals surface area contributed by atoms with Crippen molar-refractivity contribution in [3.05, 3.63) is 47.2 Å². The molecule has 100 valence electrons. The van der Waals surface area contributed by atoms with Gasteiger partial charge in [-0.3, -0.25) is 0 Å². The van der Waals surface area contributed by atoms with E-state index in [2.05, 4.69) is 4.98 Å². The van der Waals surface area contributed by atoms with Crippen molar-refractivity contribution in [3.8, 4) is 17.4 Å². The fourth-order valence-electron chi connectivity index (χ4n) is 1.85. The Labute approximate surface area is 113 Å². The topological polar surface area (TPSA) is 57.4 Å². The van der Waals surface area contributed by atoms with E-state index in [9.17, 15) is 0 Å². The van der Waals surface area contributed by atoms with Crippen molar-refractivity contribution in [2.24, 2.45) is 5.73 Å². The summed E-state index contributed by atoms with van der Waals surface area (Å²) in [4.78, 5) is 4.34. The molecule has 0 fully saturated rings. The van der Waals surface area contributed by atoms with E-state index < -0.39 is 0 Å². The lowest BCUT2D eigenvalue weighted by Crippen LogP contribution is -2.00. The molecule has 0 aliphatic heterocycles. The van der Waals surface area contributed by atoms with Gasteiger partial charge in [0, 0.05) is 18.3 Å². The van der Waals surface area contributed by atoms with E-state index in [1.807, 2.05) is 44.2 Å². The Morgan fingerprint density at radius 1 is 1.11 bits per heavy atom. The quantitative estimate of drug-likeness (QED) is 0.916. The van der Waals surface area contributed by atoms with Gasteiger partial charge < -0.3 is 15.2 Å². The maximum Gasteiger partial charge on any atom is 0.219 e. The highest BCUT2D eigenvalue weighted by atomic mass is 16.5. The number of benzene rings is 1. The van der Waals surface area contributed by atoms with Crippen molar-refractivity contribution in [2.75, 3.05) is 7.11 Å². The first-order valence-electron chi connectivity index (χ1n) is 6.12. The normalized spacial score (nSPS) is 10.3. The third-order valence-electron chi connectivity index (χ3n) is 2.76. The van der Waals surface area contributed by atoms with Crippen molar-refractivity contribution >= 4 is 0 Å². The third-order valence-corrected chi connectivity index (χ3v) is 2.76. The number of nitrogens with zero attached hydrogens (tertiary/aromatic N) is 1. The summed E-state index contributed by atoms with van der Waals surface area (Å²) in [5.41, 5.74) is 8.64. The van der Waals surface area contributed by atoms with Crippen LogP contribution in [0.1, 0.15) is 16.8 Å². The van der Waals surface area contributed by atoms with E-state index in [-0.39, 0.29) is 0 Å². The van der Waals surface area contributed by atoms with Gasteiger partial charge in [-0.2, -0.15) is 0 Å². The van der Waals surface area contributed by atoms with Crippen molar-refractivity contribution in [3.63, 3.8) is 0 Å². The van der Waals surface area contributed by atoms with Crippen LogP contribution in [-0.2, 0) is 6.54 Å². The highest BCUT2D eigenvalue weighted by Gasteiger charge is 2.07. The Balaban J connectivity index is 2.33. The minimum absolute atomic E-state index is 0.463. The average molecular weight is 258 g/mol. The SMILES string of the molecule is COc1cc(C)ccc1Oc1cc(CN)cc(C)n1. The summed E-state index contributed by atoms with van der Waals surface area (Å²) in [5.74, 6) is 1.87. The number of rotatable bonds is 4.